The minimum atomic E-state index is -1.22. The van der Waals surface area contributed by atoms with Crippen LogP contribution in [0.4, 0.5) is 0 Å². The zero-order valence-corrected chi connectivity index (χ0v) is 12.1. The zero-order valence-electron chi connectivity index (χ0n) is 12.1. The first-order valence-corrected chi connectivity index (χ1v) is 7.56. The van der Waals surface area contributed by atoms with E-state index in [9.17, 15) is 4.79 Å². The Morgan fingerprint density at radius 2 is 2.10 bits per heavy atom. The fourth-order valence-corrected chi connectivity index (χ4v) is 2.69. The van der Waals surface area contributed by atoms with Gasteiger partial charge in [0.05, 0.1) is 5.92 Å². The summed E-state index contributed by atoms with van der Waals surface area (Å²) in [6.07, 6.45) is 5.55. The van der Waals surface area contributed by atoms with Crippen molar-refractivity contribution >= 4 is 13.1 Å². The molecule has 0 spiro atoms. The first-order valence-electron chi connectivity index (χ1n) is 7.56. The molecule has 20 heavy (non-hydrogen) atoms. The van der Waals surface area contributed by atoms with Gasteiger partial charge in [-0.25, -0.2) is 0 Å². The van der Waals surface area contributed by atoms with E-state index in [0.29, 0.717) is 12.9 Å². The molecular formula is C13H27BN2O4. The number of nitrogens with two attached hydrogens (primary N) is 1. The third-order valence-electron chi connectivity index (χ3n) is 3.96. The predicted molar refractivity (Wildman–Crippen MR) is 78.2 cm³/mol. The minimum absolute atomic E-state index is 0.107. The van der Waals surface area contributed by atoms with Crippen molar-refractivity contribution in [1.82, 2.24) is 4.90 Å². The zero-order chi connectivity index (χ0) is 15.0. The molecule has 0 aliphatic carbocycles. The summed E-state index contributed by atoms with van der Waals surface area (Å²) >= 11 is 0. The van der Waals surface area contributed by atoms with E-state index < -0.39 is 13.1 Å². The van der Waals surface area contributed by atoms with Gasteiger partial charge < -0.3 is 25.8 Å². The third-order valence-corrected chi connectivity index (χ3v) is 3.96. The van der Waals surface area contributed by atoms with Crippen molar-refractivity contribution < 1.29 is 19.9 Å². The molecule has 1 rings (SSSR count). The Hall–Kier alpha value is -0.625. The van der Waals surface area contributed by atoms with Gasteiger partial charge in [0.15, 0.2) is 0 Å². The number of piperidine rings is 1. The van der Waals surface area contributed by atoms with Crippen LogP contribution < -0.4 is 5.73 Å². The van der Waals surface area contributed by atoms with Gasteiger partial charge in [0.1, 0.15) is 0 Å². The highest BCUT2D eigenvalue weighted by atomic mass is 16.4. The molecular weight excluding hydrogens is 259 g/mol. The highest BCUT2D eigenvalue weighted by molar-refractivity contribution is 6.40. The number of carboxylic acids is 1. The average Bonchev–Trinajstić information content (AvgIpc) is 2.41. The lowest BCUT2D eigenvalue weighted by Crippen LogP contribution is -2.40. The van der Waals surface area contributed by atoms with E-state index >= 15 is 0 Å². The Kier molecular flexibility index (Phi) is 8.14. The molecule has 0 saturated carbocycles. The molecule has 0 aromatic heterocycles. The highest BCUT2D eigenvalue weighted by Gasteiger charge is 2.25. The molecule has 0 aromatic rings. The second kappa shape index (κ2) is 9.34. The van der Waals surface area contributed by atoms with Crippen LogP contribution in [0.3, 0.4) is 0 Å². The summed E-state index contributed by atoms with van der Waals surface area (Å²) in [5.41, 5.74) is 6.03. The SMILES string of the molecule is NC(CCCCB(O)O)CCN1CCC[C@@H](C(=O)O)C1. The van der Waals surface area contributed by atoms with E-state index in [-0.39, 0.29) is 12.0 Å². The molecule has 0 amide bonds. The van der Waals surface area contributed by atoms with E-state index in [1.807, 2.05) is 0 Å². The second-order valence-corrected chi connectivity index (χ2v) is 5.79. The number of unbranched alkanes of at least 4 members (excludes halogenated alkanes) is 1. The van der Waals surface area contributed by atoms with Crippen molar-refractivity contribution in [3.8, 4) is 0 Å². The van der Waals surface area contributed by atoms with Gasteiger partial charge in [0.2, 0.25) is 0 Å². The number of likely N-dealkylation sites (tertiary alicyclic amines) is 1. The number of carboxylic acid groups (broad SMARTS) is 1. The van der Waals surface area contributed by atoms with Crippen LogP contribution >= 0.6 is 0 Å². The van der Waals surface area contributed by atoms with Crippen molar-refractivity contribution in [2.75, 3.05) is 19.6 Å². The molecule has 1 aliphatic heterocycles. The fourth-order valence-electron chi connectivity index (χ4n) is 2.69. The molecule has 0 bridgehead atoms. The molecule has 0 radical (unpaired) electrons. The van der Waals surface area contributed by atoms with E-state index in [1.54, 1.807) is 0 Å². The van der Waals surface area contributed by atoms with Crippen molar-refractivity contribution in [2.24, 2.45) is 11.7 Å². The van der Waals surface area contributed by atoms with E-state index in [4.69, 9.17) is 20.9 Å². The van der Waals surface area contributed by atoms with Crippen LogP contribution in [0.15, 0.2) is 0 Å². The van der Waals surface area contributed by atoms with Gasteiger partial charge >= 0.3 is 13.1 Å². The summed E-state index contributed by atoms with van der Waals surface area (Å²) in [5, 5.41) is 26.5. The van der Waals surface area contributed by atoms with Crippen molar-refractivity contribution in [3.63, 3.8) is 0 Å². The summed E-state index contributed by atoms with van der Waals surface area (Å²) in [7, 11) is -1.22. The smallest absolute Gasteiger partial charge is 0.451 e. The van der Waals surface area contributed by atoms with Crippen LogP contribution in [0, 0.1) is 5.92 Å². The predicted octanol–water partition coefficient (Wildman–Crippen LogP) is 0.143. The molecule has 0 aromatic carbocycles. The number of hydrogen-bond donors (Lipinski definition) is 4. The van der Waals surface area contributed by atoms with Crippen LogP contribution in [0.25, 0.3) is 0 Å². The molecule has 5 N–H and O–H groups in total. The maximum atomic E-state index is 11.0. The molecule has 7 heteroatoms. The van der Waals surface area contributed by atoms with Gasteiger partial charge in [-0.1, -0.05) is 12.8 Å². The van der Waals surface area contributed by atoms with E-state index in [0.717, 1.165) is 51.6 Å². The Labute approximate surface area is 121 Å². The fraction of sp³-hybridized carbons (Fsp3) is 0.923. The molecule has 116 valence electrons. The largest absolute Gasteiger partial charge is 0.481 e. The van der Waals surface area contributed by atoms with Gasteiger partial charge in [-0.15, -0.1) is 0 Å². The lowest BCUT2D eigenvalue weighted by Gasteiger charge is -2.31. The molecule has 1 unspecified atom stereocenters. The topological polar surface area (TPSA) is 107 Å². The number of hydrogen-bond acceptors (Lipinski definition) is 5. The number of nitrogens with zero attached hydrogens (tertiary/aromatic N) is 1. The maximum Gasteiger partial charge on any atom is 0.451 e. The van der Waals surface area contributed by atoms with Crippen LogP contribution in [0.2, 0.25) is 6.32 Å². The first-order chi connectivity index (χ1) is 9.49. The monoisotopic (exact) mass is 286 g/mol. The number of carbonyl (C=O) groups is 1. The molecule has 1 aliphatic rings. The lowest BCUT2D eigenvalue weighted by atomic mass is 9.83. The summed E-state index contributed by atoms with van der Waals surface area (Å²) < 4.78 is 0. The summed E-state index contributed by atoms with van der Waals surface area (Å²) in [6, 6.07) is 0.107. The molecule has 2 atom stereocenters. The van der Waals surface area contributed by atoms with Crippen LogP contribution in [0.1, 0.15) is 38.5 Å². The number of aliphatic carboxylic acids is 1. The van der Waals surface area contributed by atoms with Crippen LogP contribution in [0.5, 0.6) is 0 Å². The Bertz CT molecular complexity index is 292. The minimum Gasteiger partial charge on any atom is -0.481 e. The molecule has 1 heterocycles. The van der Waals surface area contributed by atoms with Gasteiger partial charge in [-0.05, 0) is 45.1 Å². The average molecular weight is 286 g/mol. The van der Waals surface area contributed by atoms with Crippen molar-refractivity contribution in [3.05, 3.63) is 0 Å². The molecule has 1 fully saturated rings. The Morgan fingerprint density at radius 3 is 2.75 bits per heavy atom. The summed E-state index contributed by atoms with van der Waals surface area (Å²) in [4.78, 5) is 13.2. The van der Waals surface area contributed by atoms with E-state index in [1.165, 1.54) is 0 Å². The summed E-state index contributed by atoms with van der Waals surface area (Å²) in [6.45, 7) is 2.46. The summed E-state index contributed by atoms with van der Waals surface area (Å²) in [5.74, 6) is -0.924. The molecule has 6 nitrogen and oxygen atoms in total. The van der Waals surface area contributed by atoms with Gasteiger partial charge in [0.25, 0.3) is 0 Å². The van der Waals surface area contributed by atoms with Crippen molar-refractivity contribution in [2.45, 2.75) is 50.9 Å². The second-order valence-electron chi connectivity index (χ2n) is 5.79. The molecule has 1 saturated heterocycles. The maximum absolute atomic E-state index is 11.0. The normalized spacial score (nSPS) is 21.6. The standard InChI is InChI=1S/C13H27BN2O4/c15-12(5-1-2-7-14(19)20)6-9-16-8-3-4-11(10-16)13(17)18/h11-12,19-20H,1-10,15H2,(H,17,18)/t11-,12?/m1/s1. The number of rotatable bonds is 9. The van der Waals surface area contributed by atoms with Gasteiger partial charge in [-0.2, -0.15) is 0 Å². The Balaban J connectivity index is 2.11. The van der Waals surface area contributed by atoms with Gasteiger partial charge in [0, 0.05) is 12.6 Å². The third kappa shape index (κ3) is 7.24. The van der Waals surface area contributed by atoms with Crippen LogP contribution in [-0.2, 0) is 4.79 Å². The Morgan fingerprint density at radius 1 is 1.35 bits per heavy atom. The lowest BCUT2D eigenvalue weighted by molar-refractivity contribution is -0.143. The van der Waals surface area contributed by atoms with Gasteiger partial charge in [-0.3, -0.25) is 4.79 Å². The first kappa shape index (κ1) is 17.4. The highest BCUT2D eigenvalue weighted by Crippen LogP contribution is 2.17. The quantitative estimate of drug-likeness (QED) is 0.355. The van der Waals surface area contributed by atoms with Crippen LogP contribution in [-0.4, -0.2) is 58.8 Å². The van der Waals surface area contributed by atoms with E-state index in [2.05, 4.69) is 4.90 Å². The van der Waals surface area contributed by atoms with Crippen molar-refractivity contribution in [1.29, 1.82) is 0 Å².